The van der Waals surface area contributed by atoms with Gasteiger partial charge in [0.15, 0.2) is 11.6 Å². The maximum atomic E-state index is 13.7. The topological polar surface area (TPSA) is 63.4 Å². The van der Waals surface area contributed by atoms with Crippen LogP contribution in [0.25, 0.3) is 0 Å². The van der Waals surface area contributed by atoms with Crippen molar-refractivity contribution in [1.82, 2.24) is 4.31 Å². The number of sulfonamides is 1. The minimum absolute atomic E-state index is 0.108. The van der Waals surface area contributed by atoms with Gasteiger partial charge in [-0.3, -0.25) is 0 Å². The molecule has 1 aromatic rings. The van der Waals surface area contributed by atoms with E-state index in [2.05, 4.69) is 0 Å². The molecule has 0 saturated carbocycles. The van der Waals surface area contributed by atoms with Crippen LogP contribution in [0.5, 0.6) is 0 Å². The highest BCUT2D eigenvalue weighted by Gasteiger charge is 2.34. The number of hydrogen-bond donors (Lipinski definition) is 1. The zero-order chi connectivity index (χ0) is 14.2. The first-order chi connectivity index (χ1) is 8.86. The molecule has 1 heterocycles. The molecule has 1 fully saturated rings. The van der Waals surface area contributed by atoms with Crippen molar-refractivity contribution >= 4 is 15.7 Å². The van der Waals surface area contributed by atoms with E-state index >= 15 is 0 Å². The lowest BCUT2D eigenvalue weighted by atomic mass is 10.1. The minimum Gasteiger partial charge on any atom is -0.399 e. The second-order valence-corrected chi connectivity index (χ2v) is 6.65. The van der Waals surface area contributed by atoms with Gasteiger partial charge in [0.2, 0.25) is 10.0 Å². The van der Waals surface area contributed by atoms with Gasteiger partial charge in [-0.05, 0) is 24.5 Å². The van der Waals surface area contributed by atoms with Crippen LogP contribution in [0, 0.1) is 17.6 Å². The first-order valence-corrected chi connectivity index (χ1v) is 7.55. The summed E-state index contributed by atoms with van der Waals surface area (Å²) in [6.07, 6.45) is 1.60. The van der Waals surface area contributed by atoms with Crippen molar-refractivity contribution in [3.8, 4) is 0 Å². The van der Waals surface area contributed by atoms with Gasteiger partial charge in [-0.2, -0.15) is 4.31 Å². The molecule has 7 heteroatoms. The Bertz CT molecular complexity index is 590. The quantitative estimate of drug-likeness (QED) is 0.866. The number of nitrogens with two attached hydrogens (primary N) is 1. The van der Waals surface area contributed by atoms with E-state index in [1.54, 1.807) is 0 Å². The summed E-state index contributed by atoms with van der Waals surface area (Å²) in [6.45, 7) is 2.65. The molecule has 4 nitrogen and oxygen atoms in total. The van der Waals surface area contributed by atoms with E-state index in [1.807, 2.05) is 6.92 Å². The molecule has 1 saturated heterocycles. The first kappa shape index (κ1) is 14.2. The van der Waals surface area contributed by atoms with Crippen LogP contribution in [-0.2, 0) is 10.0 Å². The summed E-state index contributed by atoms with van der Waals surface area (Å²) in [5, 5.41) is 0. The van der Waals surface area contributed by atoms with Crippen LogP contribution < -0.4 is 5.73 Å². The zero-order valence-corrected chi connectivity index (χ0v) is 11.4. The van der Waals surface area contributed by atoms with E-state index in [1.165, 1.54) is 4.31 Å². The predicted molar refractivity (Wildman–Crippen MR) is 67.9 cm³/mol. The van der Waals surface area contributed by atoms with Crippen LogP contribution in [0.2, 0.25) is 0 Å². The molecule has 2 N–H and O–H groups in total. The predicted octanol–water partition coefficient (Wildman–Crippen LogP) is 1.97. The Kier molecular flexibility index (Phi) is 3.78. The summed E-state index contributed by atoms with van der Waals surface area (Å²) in [4.78, 5) is -0.679. The van der Waals surface area contributed by atoms with Crippen molar-refractivity contribution in [3.63, 3.8) is 0 Å². The van der Waals surface area contributed by atoms with Gasteiger partial charge in [-0.15, -0.1) is 0 Å². The zero-order valence-electron chi connectivity index (χ0n) is 10.6. The van der Waals surface area contributed by atoms with Crippen molar-refractivity contribution in [2.75, 3.05) is 18.8 Å². The van der Waals surface area contributed by atoms with E-state index in [0.29, 0.717) is 13.1 Å². The number of nitrogen functional groups attached to an aromatic ring is 1. The van der Waals surface area contributed by atoms with E-state index in [4.69, 9.17) is 5.73 Å². The lowest BCUT2D eigenvalue weighted by Crippen LogP contribution is -2.29. The summed E-state index contributed by atoms with van der Waals surface area (Å²) in [5.74, 6) is -2.34. The molecule has 0 aliphatic carbocycles. The number of rotatable bonds is 3. The van der Waals surface area contributed by atoms with Gasteiger partial charge in [0.05, 0.1) is 0 Å². The normalized spacial score (nSPS) is 20.9. The molecule has 2 rings (SSSR count). The third-order valence-electron chi connectivity index (χ3n) is 3.46. The van der Waals surface area contributed by atoms with Gasteiger partial charge in [0, 0.05) is 18.8 Å². The van der Waals surface area contributed by atoms with Crippen LogP contribution >= 0.6 is 0 Å². The molecule has 19 heavy (non-hydrogen) atoms. The van der Waals surface area contributed by atoms with Crippen LogP contribution in [0.15, 0.2) is 17.0 Å². The number of nitrogens with zero attached hydrogens (tertiary/aromatic N) is 1. The van der Waals surface area contributed by atoms with E-state index in [9.17, 15) is 17.2 Å². The third-order valence-corrected chi connectivity index (χ3v) is 5.33. The maximum absolute atomic E-state index is 13.7. The SMILES string of the molecule is CCC1CCN(S(=O)(=O)c2cc(N)cc(F)c2F)C1. The van der Waals surface area contributed by atoms with Gasteiger partial charge in [-0.1, -0.05) is 13.3 Å². The molecule has 0 spiro atoms. The molecular formula is C12H16F2N2O2S. The summed E-state index contributed by atoms with van der Waals surface area (Å²) >= 11 is 0. The summed E-state index contributed by atoms with van der Waals surface area (Å²) in [6, 6.07) is 1.74. The molecule has 1 aromatic carbocycles. The minimum atomic E-state index is -4.02. The van der Waals surface area contributed by atoms with Crippen LogP contribution in [0.1, 0.15) is 19.8 Å². The highest BCUT2D eigenvalue weighted by molar-refractivity contribution is 7.89. The number of halogens is 2. The fourth-order valence-corrected chi connectivity index (χ4v) is 3.90. The standard InChI is InChI=1S/C12H16F2N2O2S/c1-2-8-3-4-16(7-8)19(17,18)11-6-9(15)5-10(13)12(11)14/h5-6,8H,2-4,7,15H2,1H3. The second kappa shape index (κ2) is 5.05. The largest absolute Gasteiger partial charge is 0.399 e. The molecule has 0 radical (unpaired) electrons. The van der Waals surface area contributed by atoms with E-state index < -0.39 is 26.6 Å². The summed E-state index contributed by atoms with van der Waals surface area (Å²) in [5.41, 5.74) is 5.28. The number of hydrogen-bond acceptors (Lipinski definition) is 3. The lowest BCUT2D eigenvalue weighted by molar-refractivity contribution is 0.439. The Balaban J connectivity index is 2.41. The maximum Gasteiger partial charge on any atom is 0.246 e. The molecule has 1 aliphatic heterocycles. The molecule has 1 unspecified atom stereocenters. The van der Waals surface area contributed by atoms with Crippen LogP contribution in [0.3, 0.4) is 0 Å². The molecule has 0 amide bonds. The highest BCUT2D eigenvalue weighted by atomic mass is 32.2. The van der Waals surface area contributed by atoms with Crippen molar-refractivity contribution in [2.45, 2.75) is 24.7 Å². The monoisotopic (exact) mass is 290 g/mol. The number of anilines is 1. The molecular weight excluding hydrogens is 274 g/mol. The molecule has 0 aromatic heterocycles. The Labute approximate surface area is 111 Å². The van der Waals surface area contributed by atoms with Crippen molar-refractivity contribution in [3.05, 3.63) is 23.8 Å². The van der Waals surface area contributed by atoms with Gasteiger partial charge in [0.1, 0.15) is 4.90 Å². The molecule has 1 aliphatic rings. The Morgan fingerprint density at radius 3 is 2.68 bits per heavy atom. The Hall–Kier alpha value is -1.21. The fourth-order valence-electron chi connectivity index (χ4n) is 2.26. The Morgan fingerprint density at radius 2 is 2.11 bits per heavy atom. The second-order valence-electron chi connectivity index (χ2n) is 4.74. The van der Waals surface area contributed by atoms with Crippen molar-refractivity contribution in [1.29, 1.82) is 0 Å². The van der Waals surface area contributed by atoms with Crippen molar-refractivity contribution in [2.24, 2.45) is 5.92 Å². The average Bonchev–Trinajstić information content (AvgIpc) is 2.83. The Morgan fingerprint density at radius 1 is 1.42 bits per heavy atom. The number of benzene rings is 1. The van der Waals surface area contributed by atoms with Gasteiger partial charge < -0.3 is 5.73 Å². The van der Waals surface area contributed by atoms with Crippen molar-refractivity contribution < 1.29 is 17.2 Å². The first-order valence-electron chi connectivity index (χ1n) is 6.11. The third kappa shape index (κ3) is 2.57. The molecule has 106 valence electrons. The molecule has 1 atom stereocenters. The summed E-state index contributed by atoms with van der Waals surface area (Å²) in [7, 11) is -4.02. The average molecular weight is 290 g/mol. The van der Waals surface area contributed by atoms with Gasteiger partial charge in [-0.25, -0.2) is 17.2 Å². The summed E-state index contributed by atoms with van der Waals surface area (Å²) < 4.78 is 52.7. The van der Waals surface area contributed by atoms with Gasteiger partial charge in [0.25, 0.3) is 0 Å². The van der Waals surface area contributed by atoms with Crippen LogP contribution in [-0.4, -0.2) is 25.8 Å². The molecule has 0 bridgehead atoms. The van der Waals surface area contributed by atoms with Gasteiger partial charge >= 0.3 is 0 Å². The van der Waals surface area contributed by atoms with Crippen LogP contribution in [0.4, 0.5) is 14.5 Å². The fraction of sp³-hybridized carbons (Fsp3) is 0.500. The van der Waals surface area contributed by atoms with E-state index in [0.717, 1.165) is 25.0 Å². The highest BCUT2D eigenvalue weighted by Crippen LogP contribution is 2.29. The smallest absolute Gasteiger partial charge is 0.246 e. The van der Waals surface area contributed by atoms with E-state index in [-0.39, 0.29) is 11.6 Å². The lowest BCUT2D eigenvalue weighted by Gasteiger charge is -2.17.